The second-order valence-corrected chi connectivity index (χ2v) is 4.91. The molecule has 0 aliphatic carbocycles. The molecular weight excluding hydrogens is 253 g/mol. The summed E-state index contributed by atoms with van der Waals surface area (Å²) in [4.78, 5) is 19.9. The van der Waals surface area contributed by atoms with Gasteiger partial charge >= 0.3 is 59.7 Å². The Morgan fingerprint density at radius 3 is 2.43 bits per heavy atom. The van der Waals surface area contributed by atoms with Gasteiger partial charge in [-0.3, -0.25) is 4.79 Å². The summed E-state index contributed by atoms with van der Waals surface area (Å²) in [6.45, 7) is 2.48. The number of rotatable bonds is 3. The first-order chi connectivity index (χ1) is 6.49. The summed E-state index contributed by atoms with van der Waals surface area (Å²) in [7, 11) is 0. The Balaban J connectivity index is 0.000000249. The molecular formula is C8H15NO4Se. The fraction of sp³-hybridized carbons (Fsp3) is 0.750. The molecule has 0 bridgehead atoms. The van der Waals surface area contributed by atoms with Crippen LogP contribution < -0.4 is 10.8 Å². The van der Waals surface area contributed by atoms with E-state index in [0.29, 0.717) is 26.9 Å². The van der Waals surface area contributed by atoms with Crippen molar-refractivity contribution in [3.8, 4) is 0 Å². The number of aliphatic carboxylic acids is 1. The van der Waals surface area contributed by atoms with Crippen molar-refractivity contribution in [3.05, 3.63) is 0 Å². The van der Waals surface area contributed by atoms with Gasteiger partial charge in [0.25, 0.3) is 0 Å². The van der Waals surface area contributed by atoms with Gasteiger partial charge in [-0.2, -0.15) is 0 Å². The normalized spacial score (nSPS) is 21.1. The number of hydrogen-bond donors (Lipinski definition) is 1. The van der Waals surface area contributed by atoms with Gasteiger partial charge in [-0.15, -0.1) is 0 Å². The van der Waals surface area contributed by atoms with Crippen molar-refractivity contribution in [2.75, 3.05) is 6.61 Å². The molecule has 1 fully saturated rings. The monoisotopic (exact) mass is 269 g/mol. The number of carboxylic acid groups (broad SMARTS) is 1. The zero-order chi connectivity index (χ0) is 11.1. The molecule has 0 saturated carbocycles. The minimum absolute atomic E-state index is 0.0602. The van der Waals surface area contributed by atoms with Crippen molar-refractivity contribution in [2.45, 2.75) is 24.1 Å². The fourth-order valence-corrected chi connectivity index (χ4v) is 1.72. The molecule has 1 rings (SSSR count). The zero-order valence-corrected chi connectivity index (χ0v) is 10.0. The van der Waals surface area contributed by atoms with E-state index in [2.05, 4.69) is 10.5 Å². The Bertz CT molecular complexity index is 210. The number of carbonyl (C=O) groups is 2. The summed E-state index contributed by atoms with van der Waals surface area (Å²) in [5, 5.41) is 10.6. The molecule has 6 heteroatoms. The van der Waals surface area contributed by atoms with Gasteiger partial charge in [-0.25, -0.2) is 0 Å². The summed E-state index contributed by atoms with van der Waals surface area (Å²) in [6, 6.07) is -0.500. The summed E-state index contributed by atoms with van der Waals surface area (Å²) >= 11 is 0.395. The van der Waals surface area contributed by atoms with Crippen molar-refractivity contribution in [3.63, 3.8) is 0 Å². The van der Waals surface area contributed by atoms with E-state index in [-0.39, 0.29) is 11.9 Å². The van der Waals surface area contributed by atoms with E-state index in [1.807, 2.05) is 12.7 Å². The SMILES string of the molecule is C[C@H]1COC1=O.C[Se]C[C@H]([NH3+])C(=O)[O-]. The molecule has 14 heavy (non-hydrogen) atoms. The van der Waals surface area contributed by atoms with Crippen LogP contribution in [0.15, 0.2) is 0 Å². The topological polar surface area (TPSA) is 94.1 Å². The van der Waals surface area contributed by atoms with Gasteiger partial charge in [0.1, 0.15) is 6.61 Å². The zero-order valence-electron chi connectivity index (χ0n) is 8.32. The van der Waals surface area contributed by atoms with Crippen LogP contribution in [0.1, 0.15) is 6.92 Å². The first-order valence-corrected chi connectivity index (χ1v) is 7.11. The molecule has 2 atom stereocenters. The molecule has 1 aliphatic heterocycles. The van der Waals surface area contributed by atoms with Gasteiger partial charge in [0, 0.05) is 0 Å². The van der Waals surface area contributed by atoms with Gasteiger partial charge in [-0.1, -0.05) is 0 Å². The number of cyclic esters (lactones) is 1. The van der Waals surface area contributed by atoms with Crippen LogP contribution in [0.4, 0.5) is 0 Å². The first kappa shape index (κ1) is 13.4. The third-order valence-electron chi connectivity index (χ3n) is 1.58. The Kier molecular flexibility index (Phi) is 6.53. The molecule has 82 valence electrons. The van der Waals surface area contributed by atoms with Crippen LogP contribution >= 0.6 is 0 Å². The predicted molar refractivity (Wildman–Crippen MR) is 48.2 cm³/mol. The van der Waals surface area contributed by atoms with E-state index in [1.54, 1.807) is 0 Å². The molecule has 0 aromatic carbocycles. The van der Waals surface area contributed by atoms with Crippen LogP contribution in [0.2, 0.25) is 11.1 Å². The molecule has 1 heterocycles. The van der Waals surface area contributed by atoms with Gasteiger partial charge in [-0.05, 0) is 6.92 Å². The van der Waals surface area contributed by atoms with Crippen molar-refractivity contribution in [2.24, 2.45) is 5.92 Å². The molecule has 0 aromatic heterocycles. The van der Waals surface area contributed by atoms with E-state index < -0.39 is 12.0 Å². The summed E-state index contributed by atoms with van der Waals surface area (Å²) in [5.74, 6) is 1.06. The molecule has 1 saturated heterocycles. The summed E-state index contributed by atoms with van der Waals surface area (Å²) in [6.07, 6.45) is 0. The minimum atomic E-state index is -1.03. The van der Waals surface area contributed by atoms with Crippen molar-refractivity contribution in [1.29, 1.82) is 0 Å². The number of carbonyl (C=O) groups excluding carboxylic acids is 2. The average molecular weight is 268 g/mol. The number of hydrogen-bond acceptors (Lipinski definition) is 4. The third-order valence-corrected chi connectivity index (χ3v) is 3.12. The summed E-state index contributed by atoms with van der Waals surface area (Å²) in [5.41, 5.74) is 3.38. The Morgan fingerprint density at radius 2 is 2.36 bits per heavy atom. The van der Waals surface area contributed by atoms with Gasteiger partial charge in [0.05, 0.1) is 5.92 Å². The fourth-order valence-electron chi connectivity index (χ4n) is 0.587. The van der Waals surface area contributed by atoms with E-state index >= 15 is 0 Å². The molecule has 5 nitrogen and oxygen atoms in total. The molecule has 0 aromatic rings. The molecule has 0 unspecified atom stereocenters. The predicted octanol–water partition coefficient (Wildman–Crippen LogP) is -2.30. The maximum absolute atomic E-state index is 10.0. The average Bonchev–Trinajstić information content (AvgIpc) is 2.16. The van der Waals surface area contributed by atoms with E-state index in [4.69, 9.17) is 0 Å². The molecule has 3 N–H and O–H groups in total. The number of carboxylic acids is 1. The van der Waals surface area contributed by atoms with Crippen LogP contribution in [0.5, 0.6) is 0 Å². The Labute approximate surface area is 89.1 Å². The van der Waals surface area contributed by atoms with Crippen molar-refractivity contribution in [1.82, 2.24) is 0 Å². The molecule has 0 spiro atoms. The second-order valence-electron chi connectivity index (χ2n) is 3.00. The third kappa shape index (κ3) is 5.21. The quantitative estimate of drug-likeness (QED) is 0.460. The van der Waals surface area contributed by atoms with Gasteiger partial charge in [0.2, 0.25) is 0 Å². The number of ether oxygens (including phenoxy) is 1. The van der Waals surface area contributed by atoms with Crippen molar-refractivity contribution < 1.29 is 25.2 Å². The van der Waals surface area contributed by atoms with Crippen LogP contribution in [0, 0.1) is 5.92 Å². The van der Waals surface area contributed by atoms with E-state index in [0.717, 1.165) is 0 Å². The second kappa shape index (κ2) is 6.81. The van der Waals surface area contributed by atoms with E-state index in [9.17, 15) is 14.7 Å². The standard InChI is InChI=1S/C4H9NO2Se.C4H6O2/c1-8-2-3(5)4(6)7;1-3-2-6-4(3)5/h3H,2,5H2,1H3,(H,6,7);3H,2H2,1H3/t2*3-/m00/s1. The first-order valence-electron chi connectivity index (χ1n) is 4.18. The van der Waals surface area contributed by atoms with Crippen LogP contribution in [-0.4, -0.2) is 39.5 Å². The van der Waals surface area contributed by atoms with Crippen molar-refractivity contribution >= 4 is 26.9 Å². The van der Waals surface area contributed by atoms with Gasteiger partial charge < -0.3 is 4.74 Å². The maximum atomic E-state index is 10.0. The van der Waals surface area contributed by atoms with Crippen LogP contribution in [0.25, 0.3) is 0 Å². The number of quaternary nitrogens is 1. The van der Waals surface area contributed by atoms with E-state index in [1.165, 1.54) is 0 Å². The Hall–Kier alpha value is -0.581. The Morgan fingerprint density at radius 1 is 1.86 bits per heavy atom. The van der Waals surface area contributed by atoms with Gasteiger partial charge in [0.15, 0.2) is 0 Å². The summed E-state index contributed by atoms with van der Waals surface area (Å²) < 4.78 is 4.40. The van der Waals surface area contributed by atoms with Crippen LogP contribution in [-0.2, 0) is 14.3 Å². The molecule has 0 amide bonds. The van der Waals surface area contributed by atoms with Crippen LogP contribution in [0.3, 0.4) is 0 Å². The number of esters is 1. The molecule has 1 aliphatic rings. The molecule has 0 radical (unpaired) electrons.